The van der Waals surface area contributed by atoms with E-state index in [-0.39, 0.29) is 11.9 Å². The quantitative estimate of drug-likeness (QED) is 0.193. The summed E-state index contributed by atoms with van der Waals surface area (Å²) >= 11 is 1.91. The van der Waals surface area contributed by atoms with Crippen LogP contribution in [0.3, 0.4) is 0 Å². The fourth-order valence-corrected chi connectivity index (χ4v) is 2.74. The van der Waals surface area contributed by atoms with E-state index >= 15 is 0 Å². The minimum Gasteiger partial charge on any atom is -0.409 e. The normalized spacial score (nSPS) is 13.3. The number of oxime groups is 1. The van der Waals surface area contributed by atoms with Gasteiger partial charge in [0.15, 0.2) is 0 Å². The molecule has 1 aromatic carbocycles. The van der Waals surface area contributed by atoms with Crippen molar-refractivity contribution in [1.82, 2.24) is 5.32 Å². The summed E-state index contributed by atoms with van der Waals surface area (Å²) in [5.41, 5.74) is 6.83. The van der Waals surface area contributed by atoms with Crippen LogP contribution in [0.15, 0.2) is 35.5 Å². The van der Waals surface area contributed by atoms with Gasteiger partial charge in [0.25, 0.3) is 0 Å². The fourth-order valence-electron chi connectivity index (χ4n) is 2.24. The van der Waals surface area contributed by atoms with Crippen LogP contribution >= 0.6 is 11.8 Å². The second kappa shape index (κ2) is 11.5. The maximum Gasteiger partial charge on any atom is 0.141 e. The van der Waals surface area contributed by atoms with Crippen LogP contribution < -0.4 is 11.1 Å². The second-order valence-corrected chi connectivity index (χ2v) is 6.11. The van der Waals surface area contributed by atoms with Gasteiger partial charge in [-0.2, -0.15) is 11.8 Å². The third kappa shape index (κ3) is 7.97. The highest BCUT2D eigenvalue weighted by Gasteiger charge is 2.12. The number of hydrogen-bond donors (Lipinski definition) is 3. The number of nitrogens with zero attached hydrogens (tertiary/aromatic N) is 1. The molecular weight excluding hydrogens is 282 g/mol. The van der Waals surface area contributed by atoms with E-state index in [1.807, 2.05) is 30.0 Å². The third-order valence-electron chi connectivity index (χ3n) is 3.41. The zero-order chi connectivity index (χ0) is 15.3. The van der Waals surface area contributed by atoms with Crippen molar-refractivity contribution in [3.05, 3.63) is 35.9 Å². The first kappa shape index (κ1) is 17.9. The zero-order valence-corrected chi connectivity index (χ0v) is 13.6. The number of nitrogens with one attached hydrogen (secondary N) is 1. The van der Waals surface area contributed by atoms with E-state index in [1.165, 1.54) is 30.6 Å². The van der Waals surface area contributed by atoms with Crippen molar-refractivity contribution in [3.8, 4) is 0 Å². The molecule has 0 fully saturated rings. The summed E-state index contributed by atoms with van der Waals surface area (Å²) in [5.74, 6) is 1.51. The molecule has 21 heavy (non-hydrogen) atoms. The standard InChI is InChI=1S/C16H27N3OS/c1-21-12-8-3-2-7-11-18-15(13-16(17)19-20)14-9-5-4-6-10-14/h4-6,9-10,15,18,20H,2-3,7-8,11-13H2,1H3,(H2,17,19). The highest BCUT2D eigenvalue weighted by molar-refractivity contribution is 7.98. The number of thioether (sulfide) groups is 1. The van der Waals surface area contributed by atoms with E-state index in [2.05, 4.69) is 28.9 Å². The highest BCUT2D eigenvalue weighted by Crippen LogP contribution is 2.16. The van der Waals surface area contributed by atoms with Gasteiger partial charge in [0, 0.05) is 12.5 Å². The van der Waals surface area contributed by atoms with Crippen LogP contribution in [-0.2, 0) is 0 Å². The molecule has 1 unspecified atom stereocenters. The molecule has 0 spiro atoms. The number of rotatable bonds is 11. The molecule has 0 aliphatic carbocycles. The van der Waals surface area contributed by atoms with Gasteiger partial charge in [-0.15, -0.1) is 0 Å². The molecule has 4 N–H and O–H groups in total. The van der Waals surface area contributed by atoms with Gasteiger partial charge in [-0.05, 0) is 37.0 Å². The maximum absolute atomic E-state index is 8.76. The largest absolute Gasteiger partial charge is 0.409 e. The predicted molar refractivity (Wildman–Crippen MR) is 92.1 cm³/mol. The van der Waals surface area contributed by atoms with E-state index in [9.17, 15) is 0 Å². The van der Waals surface area contributed by atoms with Crippen molar-refractivity contribution in [2.24, 2.45) is 10.9 Å². The molecule has 4 nitrogen and oxygen atoms in total. The van der Waals surface area contributed by atoms with Crippen LogP contribution in [0.1, 0.15) is 43.7 Å². The van der Waals surface area contributed by atoms with Gasteiger partial charge < -0.3 is 16.3 Å². The lowest BCUT2D eigenvalue weighted by atomic mass is 10.0. The molecule has 0 saturated heterocycles. The lowest BCUT2D eigenvalue weighted by molar-refractivity contribution is 0.315. The summed E-state index contributed by atoms with van der Waals surface area (Å²) in [6.07, 6.45) is 7.67. The van der Waals surface area contributed by atoms with E-state index in [0.29, 0.717) is 6.42 Å². The first-order valence-electron chi connectivity index (χ1n) is 7.51. The van der Waals surface area contributed by atoms with Gasteiger partial charge in [-0.3, -0.25) is 0 Å². The average molecular weight is 309 g/mol. The average Bonchev–Trinajstić information content (AvgIpc) is 2.53. The van der Waals surface area contributed by atoms with Crippen LogP contribution in [0, 0.1) is 0 Å². The van der Waals surface area contributed by atoms with E-state index < -0.39 is 0 Å². The van der Waals surface area contributed by atoms with Gasteiger partial charge in [0.1, 0.15) is 5.84 Å². The van der Waals surface area contributed by atoms with Crippen molar-refractivity contribution in [3.63, 3.8) is 0 Å². The number of nitrogens with two attached hydrogens (primary N) is 1. The molecule has 0 saturated carbocycles. The van der Waals surface area contributed by atoms with Gasteiger partial charge in [-0.1, -0.05) is 48.3 Å². The van der Waals surface area contributed by atoms with Crippen LogP contribution in [0.2, 0.25) is 0 Å². The zero-order valence-electron chi connectivity index (χ0n) is 12.8. The number of unbranched alkanes of at least 4 members (excludes halogenated alkanes) is 3. The molecule has 0 aromatic heterocycles. The lowest BCUT2D eigenvalue weighted by Crippen LogP contribution is -2.27. The van der Waals surface area contributed by atoms with Crippen molar-refractivity contribution in [2.75, 3.05) is 18.6 Å². The lowest BCUT2D eigenvalue weighted by Gasteiger charge is -2.18. The minimum absolute atomic E-state index is 0.105. The topological polar surface area (TPSA) is 70.6 Å². The van der Waals surface area contributed by atoms with Crippen LogP contribution in [-0.4, -0.2) is 29.6 Å². The molecule has 0 aliphatic heterocycles. The minimum atomic E-state index is 0.105. The summed E-state index contributed by atoms with van der Waals surface area (Å²) in [5, 5.41) is 15.4. The number of benzene rings is 1. The van der Waals surface area contributed by atoms with Gasteiger partial charge in [0.05, 0.1) is 0 Å². The van der Waals surface area contributed by atoms with Gasteiger partial charge >= 0.3 is 0 Å². The Balaban J connectivity index is 2.36. The third-order valence-corrected chi connectivity index (χ3v) is 4.11. The molecule has 0 radical (unpaired) electrons. The Morgan fingerprint density at radius 1 is 1.24 bits per heavy atom. The van der Waals surface area contributed by atoms with Crippen LogP contribution in [0.4, 0.5) is 0 Å². The summed E-state index contributed by atoms with van der Waals surface area (Å²) in [6.45, 7) is 0.956. The number of amidine groups is 1. The molecule has 118 valence electrons. The van der Waals surface area contributed by atoms with Crippen molar-refractivity contribution >= 4 is 17.6 Å². The molecule has 1 rings (SSSR count). The summed E-state index contributed by atoms with van der Waals surface area (Å²) in [6, 6.07) is 10.3. The van der Waals surface area contributed by atoms with Crippen molar-refractivity contribution < 1.29 is 5.21 Å². The van der Waals surface area contributed by atoms with E-state index in [4.69, 9.17) is 10.9 Å². The van der Waals surface area contributed by atoms with Gasteiger partial charge in [-0.25, -0.2) is 0 Å². The summed E-state index contributed by atoms with van der Waals surface area (Å²) in [4.78, 5) is 0. The molecule has 0 aliphatic rings. The molecule has 0 heterocycles. The maximum atomic E-state index is 8.76. The Kier molecular flexibility index (Phi) is 9.74. The van der Waals surface area contributed by atoms with Crippen LogP contribution in [0.25, 0.3) is 0 Å². The van der Waals surface area contributed by atoms with E-state index in [0.717, 1.165) is 13.0 Å². The molecular formula is C16H27N3OS. The molecule has 0 amide bonds. The Hall–Kier alpha value is -1.20. The molecule has 1 atom stereocenters. The molecule has 5 heteroatoms. The molecule has 1 aromatic rings. The Labute approximate surface area is 132 Å². The van der Waals surface area contributed by atoms with Crippen molar-refractivity contribution in [2.45, 2.75) is 38.1 Å². The van der Waals surface area contributed by atoms with Crippen LogP contribution in [0.5, 0.6) is 0 Å². The Bertz CT molecular complexity index is 398. The van der Waals surface area contributed by atoms with Crippen molar-refractivity contribution in [1.29, 1.82) is 0 Å². The summed E-state index contributed by atoms with van der Waals surface area (Å²) in [7, 11) is 0. The Morgan fingerprint density at radius 3 is 2.62 bits per heavy atom. The number of hydrogen-bond acceptors (Lipinski definition) is 4. The fraction of sp³-hybridized carbons (Fsp3) is 0.562. The second-order valence-electron chi connectivity index (χ2n) is 5.12. The Morgan fingerprint density at radius 2 is 1.95 bits per heavy atom. The SMILES string of the molecule is CSCCCCCCNC(C/C(N)=N/O)c1ccccc1. The smallest absolute Gasteiger partial charge is 0.141 e. The predicted octanol–water partition coefficient (Wildman–Crippen LogP) is 3.38. The first-order chi connectivity index (χ1) is 10.3. The monoisotopic (exact) mass is 309 g/mol. The molecule has 0 bridgehead atoms. The van der Waals surface area contributed by atoms with E-state index in [1.54, 1.807) is 0 Å². The first-order valence-corrected chi connectivity index (χ1v) is 8.91. The highest BCUT2D eigenvalue weighted by atomic mass is 32.2. The summed E-state index contributed by atoms with van der Waals surface area (Å²) < 4.78 is 0. The van der Waals surface area contributed by atoms with Gasteiger partial charge in [0.2, 0.25) is 0 Å².